The third kappa shape index (κ3) is 5.00. The van der Waals surface area contributed by atoms with Gasteiger partial charge in [-0.15, -0.1) is 10.2 Å². The van der Waals surface area contributed by atoms with E-state index in [0.29, 0.717) is 35.6 Å². The van der Waals surface area contributed by atoms with Crippen LogP contribution in [0.15, 0.2) is 59.8 Å². The van der Waals surface area contributed by atoms with E-state index in [0.717, 1.165) is 11.1 Å². The van der Waals surface area contributed by atoms with Crippen molar-refractivity contribution in [2.24, 2.45) is 0 Å². The standard InChI is InChI=1S/C22H25ClN4OS/c1-4-26(5-2)21(28)16(3)29-22-25-24-20(18-13-9-10-14-19(18)23)27(22)15-17-11-7-6-8-12-17/h6-14,16H,4-5,15H2,1-3H3. The maximum absolute atomic E-state index is 12.7. The Morgan fingerprint density at radius 2 is 1.72 bits per heavy atom. The van der Waals surface area contributed by atoms with Crippen molar-refractivity contribution in [1.82, 2.24) is 19.7 Å². The van der Waals surface area contributed by atoms with Crippen LogP contribution < -0.4 is 0 Å². The van der Waals surface area contributed by atoms with Crippen molar-refractivity contribution in [1.29, 1.82) is 0 Å². The van der Waals surface area contributed by atoms with Gasteiger partial charge in [0.15, 0.2) is 11.0 Å². The first-order valence-corrected chi connectivity index (χ1v) is 11.0. The molecule has 1 heterocycles. The van der Waals surface area contributed by atoms with E-state index in [4.69, 9.17) is 11.6 Å². The number of thioether (sulfide) groups is 1. The minimum Gasteiger partial charge on any atom is -0.342 e. The van der Waals surface area contributed by atoms with Gasteiger partial charge in [-0.3, -0.25) is 9.36 Å². The summed E-state index contributed by atoms with van der Waals surface area (Å²) in [7, 11) is 0. The molecular formula is C22H25ClN4OS. The minimum atomic E-state index is -0.257. The molecule has 7 heteroatoms. The van der Waals surface area contributed by atoms with Crippen LogP contribution in [0.3, 0.4) is 0 Å². The molecule has 3 rings (SSSR count). The zero-order chi connectivity index (χ0) is 20.8. The van der Waals surface area contributed by atoms with Crippen molar-refractivity contribution in [3.05, 3.63) is 65.2 Å². The molecule has 2 aromatic carbocycles. The fourth-order valence-corrected chi connectivity index (χ4v) is 4.28. The number of benzene rings is 2. The number of carbonyl (C=O) groups is 1. The molecule has 0 aliphatic heterocycles. The number of amides is 1. The van der Waals surface area contributed by atoms with Gasteiger partial charge in [-0.25, -0.2) is 0 Å². The molecule has 0 fully saturated rings. The van der Waals surface area contributed by atoms with Crippen LogP contribution in [0.5, 0.6) is 0 Å². The minimum absolute atomic E-state index is 0.105. The van der Waals surface area contributed by atoms with Gasteiger partial charge in [0.05, 0.1) is 16.8 Å². The summed E-state index contributed by atoms with van der Waals surface area (Å²) in [6.07, 6.45) is 0. The molecule has 3 aromatic rings. The molecule has 1 unspecified atom stereocenters. The molecular weight excluding hydrogens is 404 g/mol. The lowest BCUT2D eigenvalue weighted by Crippen LogP contribution is -2.36. The zero-order valence-electron chi connectivity index (χ0n) is 16.9. The van der Waals surface area contributed by atoms with Crippen LogP contribution in [0.2, 0.25) is 5.02 Å². The Morgan fingerprint density at radius 3 is 2.38 bits per heavy atom. The Kier molecular flexibility index (Phi) is 7.34. The predicted octanol–water partition coefficient (Wildman–Crippen LogP) is 5.00. The molecule has 0 saturated heterocycles. The quantitative estimate of drug-likeness (QED) is 0.474. The molecule has 1 amide bonds. The highest BCUT2D eigenvalue weighted by atomic mass is 35.5. The van der Waals surface area contributed by atoms with Crippen LogP contribution in [-0.2, 0) is 11.3 Å². The van der Waals surface area contributed by atoms with Crippen molar-refractivity contribution >= 4 is 29.3 Å². The number of aromatic nitrogens is 3. The van der Waals surface area contributed by atoms with Crippen LogP contribution in [0, 0.1) is 0 Å². The smallest absolute Gasteiger partial charge is 0.235 e. The van der Waals surface area contributed by atoms with Gasteiger partial charge in [-0.2, -0.15) is 0 Å². The summed E-state index contributed by atoms with van der Waals surface area (Å²) >= 11 is 7.86. The fraction of sp³-hybridized carbons (Fsp3) is 0.318. The first-order valence-electron chi connectivity index (χ1n) is 9.72. The van der Waals surface area contributed by atoms with Gasteiger partial charge in [0, 0.05) is 18.7 Å². The third-order valence-corrected chi connectivity index (χ3v) is 6.12. The van der Waals surface area contributed by atoms with Gasteiger partial charge in [0.25, 0.3) is 0 Å². The van der Waals surface area contributed by atoms with Crippen molar-refractivity contribution in [2.45, 2.75) is 37.7 Å². The van der Waals surface area contributed by atoms with E-state index in [-0.39, 0.29) is 11.2 Å². The molecule has 0 spiro atoms. The summed E-state index contributed by atoms with van der Waals surface area (Å²) in [5.74, 6) is 0.804. The van der Waals surface area contributed by atoms with E-state index in [2.05, 4.69) is 22.3 Å². The highest BCUT2D eigenvalue weighted by Gasteiger charge is 2.24. The molecule has 29 heavy (non-hydrogen) atoms. The van der Waals surface area contributed by atoms with Crippen molar-refractivity contribution in [2.75, 3.05) is 13.1 Å². The zero-order valence-corrected chi connectivity index (χ0v) is 18.5. The maximum Gasteiger partial charge on any atom is 0.235 e. The van der Waals surface area contributed by atoms with Gasteiger partial charge < -0.3 is 4.90 Å². The highest BCUT2D eigenvalue weighted by Crippen LogP contribution is 2.31. The molecule has 0 bridgehead atoms. The first kappa shape index (κ1) is 21.4. The Hall–Kier alpha value is -2.31. The number of nitrogens with zero attached hydrogens (tertiary/aromatic N) is 4. The van der Waals surface area contributed by atoms with E-state index in [1.807, 2.05) is 72.7 Å². The van der Waals surface area contributed by atoms with Crippen LogP contribution in [-0.4, -0.2) is 43.9 Å². The SMILES string of the molecule is CCN(CC)C(=O)C(C)Sc1nnc(-c2ccccc2Cl)n1Cc1ccccc1. The largest absolute Gasteiger partial charge is 0.342 e. The monoisotopic (exact) mass is 428 g/mol. The van der Waals surface area contributed by atoms with E-state index in [9.17, 15) is 4.79 Å². The van der Waals surface area contributed by atoms with Crippen molar-refractivity contribution < 1.29 is 4.79 Å². The molecule has 1 atom stereocenters. The van der Waals surface area contributed by atoms with Crippen LogP contribution >= 0.6 is 23.4 Å². The van der Waals surface area contributed by atoms with E-state index < -0.39 is 0 Å². The summed E-state index contributed by atoms with van der Waals surface area (Å²) in [6, 6.07) is 17.7. The fourth-order valence-electron chi connectivity index (χ4n) is 3.13. The Balaban J connectivity index is 1.97. The Labute approximate surface area is 181 Å². The Bertz CT molecular complexity index is 956. The summed E-state index contributed by atoms with van der Waals surface area (Å²) in [5.41, 5.74) is 1.96. The Morgan fingerprint density at radius 1 is 1.07 bits per heavy atom. The normalized spacial score (nSPS) is 12.0. The number of halogens is 1. The average molecular weight is 429 g/mol. The van der Waals surface area contributed by atoms with Crippen LogP contribution in [0.25, 0.3) is 11.4 Å². The van der Waals surface area contributed by atoms with Gasteiger partial charge >= 0.3 is 0 Å². The lowest BCUT2D eigenvalue weighted by Gasteiger charge is -2.22. The number of hydrogen-bond donors (Lipinski definition) is 0. The molecule has 0 saturated carbocycles. The van der Waals surface area contributed by atoms with Gasteiger partial charge in [-0.05, 0) is 38.5 Å². The second-order valence-corrected chi connectivity index (χ2v) is 8.34. The second kappa shape index (κ2) is 9.94. The molecule has 0 N–H and O–H groups in total. The van der Waals surface area contributed by atoms with Gasteiger partial charge in [0.1, 0.15) is 0 Å². The van der Waals surface area contributed by atoms with E-state index in [1.165, 1.54) is 11.8 Å². The molecule has 0 radical (unpaired) electrons. The molecule has 0 aliphatic rings. The topological polar surface area (TPSA) is 51.0 Å². The summed E-state index contributed by atoms with van der Waals surface area (Å²) < 4.78 is 2.03. The number of hydrogen-bond acceptors (Lipinski definition) is 4. The highest BCUT2D eigenvalue weighted by molar-refractivity contribution is 8.00. The van der Waals surface area contributed by atoms with Gasteiger partial charge in [-0.1, -0.05) is 65.8 Å². The first-order chi connectivity index (χ1) is 14.0. The van der Waals surface area contributed by atoms with Crippen molar-refractivity contribution in [3.8, 4) is 11.4 Å². The molecule has 152 valence electrons. The third-order valence-electron chi connectivity index (χ3n) is 4.72. The molecule has 0 aliphatic carbocycles. The predicted molar refractivity (Wildman–Crippen MR) is 119 cm³/mol. The maximum atomic E-state index is 12.7. The molecule has 1 aromatic heterocycles. The second-order valence-electron chi connectivity index (χ2n) is 6.63. The van der Waals surface area contributed by atoms with E-state index in [1.54, 1.807) is 0 Å². The number of rotatable bonds is 8. The lowest BCUT2D eigenvalue weighted by molar-refractivity contribution is -0.129. The van der Waals surface area contributed by atoms with Crippen LogP contribution in [0.4, 0.5) is 0 Å². The summed E-state index contributed by atoms with van der Waals surface area (Å²) in [4.78, 5) is 14.6. The average Bonchev–Trinajstić information content (AvgIpc) is 3.11. The molecule has 5 nitrogen and oxygen atoms in total. The van der Waals surface area contributed by atoms with Gasteiger partial charge in [0.2, 0.25) is 5.91 Å². The number of carbonyl (C=O) groups excluding carboxylic acids is 1. The van der Waals surface area contributed by atoms with Crippen LogP contribution in [0.1, 0.15) is 26.3 Å². The summed E-state index contributed by atoms with van der Waals surface area (Å²) in [6.45, 7) is 7.90. The van der Waals surface area contributed by atoms with E-state index >= 15 is 0 Å². The lowest BCUT2D eigenvalue weighted by atomic mass is 10.2. The summed E-state index contributed by atoms with van der Waals surface area (Å²) in [5, 5.41) is 9.91. The van der Waals surface area contributed by atoms with Crippen molar-refractivity contribution in [3.63, 3.8) is 0 Å².